The summed E-state index contributed by atoms with van der Waals surface area (Å²) in [6.45, 7) is -0.744. The van der Waals surface area contributed by atoms with E-state index in [4.69, 9.17) is 33.1 Å². The SMILES string of the molecule is CS(=O)(=O)c1ccc(Cl)c(NC(=O)COC(=O)c2ccc(Cl)c(S(N)(=O)=O)c2)c1. The molecule has 0 bridgehead atoms. The van der Waals surface area contributed by atoms with Crippen LogP contribution in [0.3, 0.4) is 0 Å². The van der Waals surface area contributed by atoms with Crippen molar-refractivity contribution in [1.29, 1.82) is 0 Å². The molecule has 0 saturated carbocycles. The number of ether oxygens (including phenoxy) is 1. The molecule has 0 aromatic heterocycles. The largest absolute Gasteiger partial charge is 0.452 e. The quantitative estimate of drug-likeness (QED) is 0.598. The summed E-state index contributed by atoms with van der Waals surface area (Å²) in [7, 11) is -7.69. The van der Waals surface area contributed by atoms with Gasteiger partial charge in [-0.1, -0.05) is 23.2 Å². The van der Waals surface area contributed by atoms with Gasteiger partial charge in [-0.25, -0.2) is 26.8 Å². The molecule has 156 valence electrons. The van der Waals surface area contributed by atoms with Crippen LogP contribution in [-0.4, -0.2) is 41.6 Å². The first kappa shape index (κ1) is 23.1. The lowest BCUT2D eigenvalue weighted by Crippen LogP contribution is -2.21. The molecule has 0 atom stereocenters. The lowest BCUT2D eigenvalue weighted by Gasteiger charge is -2.10. The first-order chi connectivity index (χ1) is 13.3. The van der Waals surface area contributed by atoms with Gasteiger partial charge in [0.25, 0.3) is 5.91 Å². The van der Waals surface area contributed by atoms with Crippen LogP contribution >= 0.6 is 23.2 Å². The Kier molecular flexibility index (Phi) is 6.91. The molecule has 29 heavy (non-hydrogen) atoms. The number of carbonyl (C=O) groups excluding carboxylic acids is 2. The van der Waals surface area contributed by atoms with Crippen LogP contribution in [0.2, 0.25) is 10.0 Å². The molecular weight excluding hydrogens is 467 g/mol. The number of hydrogen-bond acceptors (Lipinski definition) is 7. The number of primary sulfonamides is 1. The third kappa shape index (κ3) is 6.15. The smallest absolute Gasteiger partial charge is 0.338 e. The van der Waals surface area contributed by atoms with Gasteiger partial charge in [0, 0.05) is 6.26 Å². The molecule has 2 aromatic rings. The second-order valence-electron chi connectivity index (χ2n) is 5.73. The highest BCUT2D eigenvalue weighted by Crippen LogP contribution is 2.25. The average molecular weight is 481 g/mol. The predicted molar refractivity (Wildman–Crippen MR) is 106 cm³/mol. The van der Waals surface area contributed by atoms with Crippen LogP contribution in [0, 0.1) is 0 Å². The molecule has 0 saturated heterocycles. The lowest BCUT2D eigenvalue weighted by molar-refractivity contribution is -0.119. The minimum absolute atomic E-state index is 0.0126. The van der Waals surface area contributed by atoms with Crippen molar-refractivity contribution in [2.45, 2.75) is 9.79 Å². The van der Waals surface area contributed by atoms with E-state index in [-0.39, 0.29) is 26.2 Å². The van der Waals surface area contributed by atoms with Crippen molar-refractivity contribution in [1.82, 2.24) is 0 Å². The maximum absolute atomic E-state index is 12.1. The van der Waals surface area contributed by atoms with Crippen molar-refractivity contribution in [3.05, 3.63) is 52.0 Å². The molecule has 13 heteroatoms. The summed E-state index contributed by atoms with van der Waals surface area (Å²) in [6, 6.07) is 7.00. The van der Waals surface area contributed by atoms with E-state index in [0.717, 1.165) is 24.5 Å². The molecule has 0 unspecified atom stereocenters. The van der Waals surface area contributed by atoms with Crippen molar-refractivity contribution < 1.29 is 31.2 Å². The number of nitrogens with one attached hydrogen (secondary N) is 1. The highest BCUT2D eigenvalue weighted by atomic mass is 35.5. The van der Waals surface area contributed by atoms with Crippen LogP contribution < -0.4 is 10.5 Å². The van der Waals surface area contributed by atoms with Gasteiger partial charge in [-0.15, -0.1) is 0 Å². The molecule has 0 spiro atoms. The fraction of sp³-hybridized carbons (Fsp3) is 0.125. The molecule has 0 radical (unpaired) electrons. The van der Waals surface area contributed by atoms with Gasteiger partial charge in [0.15, 0.2) is 16.4 Å². The van der Waals surface area contributed by atoms with Gasteiger partial charge in [-0.2, -0.15) is 0 Å². The van der Waals surface area contributed by atoms with Crippen LogP contribution in [-0.2, 0) is 29.4 Å². The zero-order chi connectivity index (χ0) is 22.0. The molecule has 2 rings (SSSR count). The topological polar surface area (TPSA) is 150 Å². The maximum atomic E-state index is 12.1. The van der Waals surface area contributed by atoms with Crippen molar-refractivity contribution >= 4 is 60.6 Å². The van der Waals surface area contributed by atoms with Gasteiger partial charge in [0.1, 0.15) is 4.90 Å². The van der Waals surface area contributed by atoms with E-state index in [1.165, 1.54) is 18.2 Å². The minimum Gasteiger partial charge on any atom is -0.452 e. The Morgan fingerprint density at radius 3 is 2.24 bits per heavy atom. The summed E-state index contributed by atoms with van der Waals surface area (Å²) < 4.78 is 50.9. The summed E-state index contributed by atoms with van der Waals surface area (Å²) in [5.74, 6) is -1.80. The summed E-state index contributed by atoms with van der Waals surface area (Å²) in [4.78, 5) is 23.5. The monoisotopic (exact) mass is 480 g/mol. The van der Waals surface area contributed by atoms with Gasteiger partial charge in [0.05, 0.1) is 26.2 Å². The van der Waals surface area contributed by atoms with Crippen molar-refractivity contribution in [3.63, 3.8) is 0 Å². The number of nitrogens with two attached hydrogens (primary N) is 1. The van der Waals surface area contributed by atoms with Gasteiger partial charge in [0.2, 0.25) is 10.0 Å². The molecule has 9 nitrogen and oxygen atoms in total. The highest BCUT2D eigenvalue weighted by molar-refractivity contribution is 7.90. The Labute approximate surface area is 176 Å². The average Bonchev–Trinajstić information content (AvgIpc) is 2.60. The molecule has 0 fully saturated rings. The maximum Gasteiger partial charge on any atom is 0.338 e. The zero-order valence-corrected chi connectivity index (χ0v) is 17.8. The number of anilines is 1. The number of amides is 1. The summed E-state index contributed by atoms with van der Waals surface area (Å²) >= 11 is 11.7. The Hall–Kier alpha value is -2.18. The molecule has 0 heterocycles. The van der Waals surface area contributed by atoms with E-state index >= 15 is 0 Å². The Morgan fingerprint density at radius 1 is 1.03 bits per heavy atom. The normalized spacial score (nSPS) is 11.7. The third-order valence-electron chi connectivity index (χ3n) is 3.45. The molecule has 3 N–H and O–H groups in total. The van der Waals surface area contributed by atoms with E-state index in [1.54, 1.807) is 0 Å². The number of halogens is 2. The second-order valence-corrected chi connectivity index (χ2v) is 10.1. The number of hydrogen-bond donors (Lipinski definition) is 2. The molecule has 2 aromatic carbocycles. The molecular formula is C16H14Cl2N2O7S2. The summed E-state index contributed by atoms with van der Waals surface area (Å²) in [6.07, 6.45) is 0.992. The van der Waals surface area contributed by atoms with Crippen LogP contribution in [0.15, 0.2) is 46.2 Å². The Bertz CT molecular complexity index is 1200. The van der Waals surface area contributed by atoms with Crippen LogP contribution in [0.4, 0.5) is 5.69 Å². The van der Waals surface area contributed by atoms with E-state index in [0.29, 0.717) is 0 Å². The Balaban J connectivity index is 2.10. The number of carbonyl (C=O) groups is 2. The zero-order valence-electron chi connectivity index (χ0n) is 14.7. The van der Waals surface area contributed by atoms with Gasteiger partial charge < -0.3 is 10.1 Å². The molecule has 0 aliphatic heterocycles. The predicted octanol–water partition coefficient (Wildman–Crippen LogP) is 1.84. The standard InChI is InChI=1S/C16H14Cl2N2O7S2/c1-28(23,24)10-3-5-11(17)13(7-10)20-15(21)8-27-16(22)9-2-4-12(18)14(6-9)29(19,25)26/h2-7H,8H2,1H3,(H,20,21)(H2,19,25,26). The fourth-order valence-corrected chi connectivity index (χ4v) is 3.96. The minimum atomic E-state index is -4.17. The fourth-order valence-electron chi connectivity index (χ4n) is 2.08. The van der Waals surface area contributed by atoms with E-state index in [9.17, 15) is 26.4 Å². The summed E-state index contributed by atoms with van der Waals surface area (Å²) in [5.41, 5.74) is -0.179. The first-order valence-electron chi connectivity index (χ1n) is 7.58. The van der Waals surface area contributed by atoms with Crippen molar-refractivity contribution in [3.8, 4) is 0 Å². The molecule has 1 amide bonds. The number of sulfonamides is 1. The molecule has 0 aliphatic carbocycles. The van der Waals surface area contributed by atoms with Crippen LogP contribution in [0.5, 0.6) is 0 Å². The van der Waals surface area contributed by atoms with Crippen LogP contribution in [0.25, 0.3) is 0 Å². The lowest BCUT2D eigenvalue weighted by atomic mass is 10.2. The molecule has 0 aliphatic rings. The number of benzene rings is 2. The second kappa shape index (κ2) is 8.67. The van der Waals surface area contributed by atoms with Gasteiger partial charge >= 0.3 is 5.97 Å². The Morgan fingerprint density at radius 2 is 1.66 bits per heavy atom. The van der Waals surface area contributed by atoms with Crippen LogP contribution in [0.1, 0.15) is 10.4 Å². The van der Waals surface area contributed by atoms with E-state index in [1.807, 2.05) is 0 Å². The number of sulfone groups is 1. The van der Waals surface area contributed by atoms with Crippen molar-refractivity contribution in [2.24, 2.45) is 5.14 Å². The first-order valence-corrected chi connectivity index (χ1v) is 11.8. The number of esters is 1. The number of rotatable bonds is 6. The highest BCUT2D eigenvalue weighted by Gasteiger charge is 2.18. The summed E-state index contributed by atoms with van der Waals surface area (Å²) in [5, 5.41) is 7.23. The van der Waals surface area contributed by atoms with E-state index in [2.05, 4.69) is 5.32 Å². The van der Waals surface area contributed by atoms with Gasteiger partial charge in [-0.3, -0.25) is 4.79 Å². The van der Waals surface area contributed by atoms with Crippen molar-refractivity contribution in [2.75, 3.05) is 18.2 Å². The van der Waals surface area contributed by atoms with E-state index < -0.39 is 43.2 Å². The van der Waals surface area contributed by atoms with Gasteiger partial charge in [-0.05, 0) is 36.4 Å². The third-order valence-corrected chi connectivity index (χ3v) is 6.28.